The van der Waals surface area contributed by atoms with Crippen LogP contribution in [-0.2, 0) is 4.74 Å². The zero-order valence-corrected chi connectivity index (χ0v) is 10.3. The molecule has 0 aliphatic rings. The highest BCUT2D eigenvalue weighted by Gasteiger charge is 2.07. The first kappa shape index (κ1) is 12.2. The summed E-state index contributed by atoms with van der Waals surface area (Å²) in [6.07, 6.45) is 0.411. The summed E-state index contributed by atoms with van der Waals surface area (Å²) in [5.74, 6) is 0.536. The summed E-state index contributed by atoms with van der Waals surface area (Å²) in [5.41, 5.74) is 0.510. The SMILES string of the molecule is CCOC(C)Oc1ccc(Br)cc1C=O. The molecule has 0 radical (unpaired) electrons. The Morgan fingerprint density at radius 2 is 2.27 bits per heavy atom. The molecule has 15 heavy (non-hydrogen) atoms. The van der Waals surface area contributed by atoms with E-state index in [-0.39, 0.29) is 6.29 Å². The van der Waals surface area contributed by atoms with E-state index in [4.69, 9.17) is 9.47 Å². The molecule has 0 aromatic heterocycles. The molecular formula is C11H13BrO3. The second-order valence-electron chi connectivity index (χ2n) is 2.94. The van der Waals surface area contributed by atoms with Crippen molar-refractivity contribution in [3.05, 3.63) is 28.2 Å². The highest BCUT2D eigenvalue weighted by atomic mass is 79.9. The highest BCUT2D eigenvalue weighted by molar-refractivity contribution is 9.10. The van der Waals surface area contributed by atoms with E-state index in [9.17, 15) is 4.79 Å². The topological polar surface area (TPSA) is 35.5 Å². The molecule has 1 aromatic rings. The molecule has 0 N–H and O–H groups in total. The fourth-order valence-electron chi connectivity index (χ4n) is 1.17. The van der Waals surface area contributed by atoms with E-state index in [0.29, 0.717) is 17.9 Å². The number of rotatable bonds is 5. The smallest absolute Gasteiger partial charge is 0.196 e. The van der Waals surface area contributed by atoms with E-state index < -0.39 is 0 Å². The lowest BCUT2D eigenvalue weighted by Gasteiger charge is -2.15. The summed E-state index contributed by atoms with van der Waals surface area (Å²) in [7, 11) is 0. The van der Waals surface area contributed by atoms with Crippen molar-refractivity contribution in [1.29, 1.82) is 0 Å². The van der Waals surface area contributed by atoms with Crippen LogP contribution in [0.3, 0.4) is 0 Å². The Hall–Kier alpha value is -0.870. The van der Waals surface area contributed by atoms with Crippen LogP contribution in [0.2, 0.25) is 0 Å². The number of hydrogen-bond donors (Lipinski definition) is 0. The molecule has 1 unspecified atom stereocenters. The van der Waals surface area contributed by atoms with Gasteiger partial charge in [-0.2, -0.15) is 0 Å². The Labute approximate surface area is 97.5 Å². The molecule has 0 spiro atoms. The molecular weight excluding hydrogens is 260 g/mol. The van der Waals surface area contributed by atoms with Gasteiger partial charge in [0.15, 0.2) is 12.6 Å². The molecule has 4 heteroatoms. The van der Waals surface area contributed by atoms with Crippen LogP contribution in [0.25, 0.3) is 0 Å². The minimum Gasteiger partial charge on any atom is -0.465 e. The number of ether oxygens (including phenoxy) is 2. The number of carbonyl (C=O) groups is 1. The quantitative estimate of drug-likeness (QED) is 0.611. The molecule has 0 saturated carbocycles. The first-order valence-electron chi connectivity index (χ1n) is 4.70. The summed E-state index contributed by atoms with van der Waals surface area (Å²) in [4.78, 5) is 10.8. The van der Waals surface area contributed by atoms with Crippen molar-refractivity contribution in [2.45, 2.75) is 20.1 Å². The normalized spacial score (nSPS) is 12.2. The zero-order valence-electron chi connectivity index (χ0n) is 8.70. The molecule has 1 atom stereocenters. The van der Waals surface area contributed by atoms with Gasteiger partial charge in [0.25, 0.3) is 0 Å². The molecule has 0 bridgehead atoms. The van der Waals surface area contributed by atoms with E-state index in [1.165, 1.54) is 0 Å². The van der Waals surface area contributed by atoms with Gasteiger partial charge in [-0.25, -0.2) is 0 Å². The maximum Gasteiger partial charge on any atom is 0.196 e. The molecule has 0 saturated heterocycles. The van der Waals surface area contributed by atoms with Gasteiger partial charge in [0.2, 0.25) is 0 Å². The number of hydrogen-bond acceptors (Lipinski definition) is 3. The van der Waals surface area contributed by atoms with Gasteiger partial charge in [-0.05, 0) is 32.0 Å². The number of halogens is 1. The van der Waals surface area contributed by atoms with E-state index in [1.54, 1.807) is 19.1 Å². The minimum atomic E-state index is -0.352. The summed E-state index contributed by atoms with van der Waals surface area (Å²) in [5, 5.41) is 0. The number of aldehydes is 1. The summed E-state index contributed by atoms with van der Waals surface area (Å²) in [6.45, 7) is 4.26. The average molecular weight is 273 g/mol. The monoisotopic (exact) mass is 272 g/mol. The zero-order chi connectivity index (χ0) is 11.3. The molecule has 0 aliphatic carbocycles. The molecule has 0 heterocycles. The van der Waals surface area contributed by atoms with Crippen LogP contribution in [0.4, 0.5) is 0 Å². The first-order valence-corrected chi connectivity index (χ1v) is 5.49. The van der Waals surface area contributed by atoms with Gasteiger partial charge in [-0.3, -0.25) is 4.79 Å². The van der Waals surface area contributed by atoms with Crippen molar-refractivity contribution in [2.24, 2.45) is 0 Å². The maximum atomic E-state index is 10.8. The Morgan fingerprint density at radius 3 is 2.87 bits per heavy atom. The summed E-state index contributed by atoms with van der Waals surface area (Å²) < 4.78 is 11.5. The molecule has 1 rings (SSSR count). The lowest BCUT2D eigenvalue weighted by molar-refractivity contribution is -0.0615. The molecule has 0 amide bonds. The van der Waals surface area contributed by atoms with Crippen molar-refractivity contribution in [3.63, 3.8) is 0 Å². The second-order valence-corrected chi connectivity index (χ2v) is 3.86. The average Bonchev–Trinajstić information content (AvgIpc) is 2.21. The molecule has 82 valence electrons. The number of benzene rings is 1. The van der Waals surface area contributed by atoms with Crippen LogP contribution in [0.1, 0.15) is 24.2 Å². The predicted molar refractivity (Wildman–Crippen MR) is 61.2 cm³/mol. The van der Waals surface area contributed by atoms with E-state index >= 15 is 0 Å². The van der Waals surface area contributed by atoms with E-state index in [2.05, 4.69) is 15.9 Å². The van der Waals surface area contributed by atoms with Gasteiger partial charge in [-0.1, -0.05) is 15.9 Å². The first-order chi connectivity index (χ1) is 7.17. The van der Waals surface area contributed by atoms with Crippen molar-refractivity contribution in [3.8, 4) is 5.75 Å². The van der Waals surface area contributed by atoms with E-state index in [1.807, 2.05) is 13.0 Å². The minimum absolute atomic E-state index is 0.352. The number of carbonyl (C=O) groups excluding carboxylic acids is 1. The van der Waals surface area contributed by atoms with E-state index in [0.717, 1.165) is 10.8 Å². The van der Waals surface area contributed by atoms with Crippen LogP contribution in [0, 0.1) is 0 Å². The third-order valence-corrected chi connectivity index (χ3v) is 2.29. The van der Waals surface area contributed by atoms with Crippen LogP contribution < -0.4 is 4.74 Å². The largest absolute Gasteiger partial charge is 0.465 e. The Kier molecular flexibility index (Phi) is 4.78. The molecule has 0 fully saturated rings. The van der Waals surface area contributed by atoms with Crippen molar-refractivity contribution in [1.82, 2.24) is 0 Å². The molecule has 3 nitrogen and oxygen atoms in total. The van der Waals surface area contributed by atoms with Crippen LogP contribution in [0.15, 0.2) is 22.7 Å². The van der Waals surface area contributed by atoms with Crippen LogP contribution in [0.5, 0.6) is 5.75 Å². The fraction of sp³-hybridized carbons (Fsp3) is 0.364. The van der Waals surface area contributed by atoms with Crippen LogP contribution >= 0.6 is 15.9 Å². The third kappa shape index (κ3) is 3.64. The third-order valence-electron chi connectivity index (χ3n) is 1.79. The van der Waals surface area contributed by atoms with Crippen molar-refractivity contribution in [2.75, 3.05) is 6.61 Å². The summed E-state index contributed by atoms with van der Waals surface area (Å²) >= 11 is 3.29. The molecule has 0 aliphatic heterocycles. The lowest BCUT2D eigenvalue weighted by atomic mass is 10.2. The van der Waals surface area contributed by atoms with Gasteiger partial charge in [0.05, 0.1) is 5.56 Å². The van der Waals surface area contributed by atoms with Gasteiger partial charge in [0, 0.05) is 11.1 Å². The molecule has 1 aromatic carbocycles. The van der Waals surface area contributed by atoms with Gasteiger partial charge >= 0.3 is 0 Å². The second kappa shape index (κ2) is 5.88. The summed E-state index contributed by atoms with van der Waals surface area (Å²) in [6, 6.07) is 5.27. The fourth-order valence-corrected chi connectivity index (χ4v) is 1.55. The van der Waals surface area contributed by atoms with Crippen molar-refractivity contribution >= 4 is 22.2 Å². The lowest BCUT2D eigenvalue weighted by Crippen LogP contribution is -2.16. The standard InChI is InChI=1S/C11H13BrO3/c1-3-14-8(2)15-11-5-4-10(12)6-9(11)7-13/h4-8H,3H2,1-2H3. The Bertz CT molecular complexity index is 339. The Balaban J connectivity index is 2.80. The van der Waals surface area contributed by atoms with Gasteiger partial charge in [-0.15, -0.1) is 0 Å². The Morgan fingerprint density at radius 1 is 1.53 bits per heavy atom. The maximum absolute atomic E-state index is 10.8. The predicted octanol–water partition coefficient (Wildman–Crippen LogP) is 3.02. The highest BCUT2D eigenvalue weighted by Crippen LogP contribution is 2.22. The van der Waals surface area contributed by atoms with Crippen molar-refractivity contribution < 1.29 is 14.3 Å². The van der Waals surface area contributed by atoms with Crippen LogP contribution in [-0.4, -0.2) is 19.2 Å². The van der Waals surface area contributed by atoms with Gasteiger partial charge < -0.3 is 9.47 Å². The van der Waals surface area contributed by atoms with Gasteiger partial charge in [0.1, 0.15) is 5.75 Å².